The number of hydrogen-bond donors (Lipinski definition) is 2. The van der Waals surface area contributed by atoms with Crippen LogP contribution in [0.4, 0.5) is 0 Å². The molecule has 0 radical (unpaired) electrons. The molecule has 2 N–H and O–H groups in total. The first kappa shape index (κ1) is 14.3. The first-order chi connectivity index (χ1) is 9.85. The van der Waals surface area contributed by atoms with Crippen molar-refractivity contribution >= 4 is 17.1 Å². The summed E-state index contributed by atoms with van der Waals surface area (Å²) in [5.41, 5.74) is 2.64. The molecule has 2 heterocycles. The normalized spacial score (nSPS) is 22.1. The number of rotatable bonds is 2. The number of nitrogens with zero attached hydrogens (tertiary/aromatic N) is 1. The molecular weight excluding hydrogens is 258 g/mol. The minimum atomic E-state index is 0.143. The Hall–Kier alpha value is -1.61. The minimum Gasteiger partial charge on any atom is -0.361 e. The van der Waals surface area contributed by atoms with Gasteiger partial charge in [-0.25, -0.2) is 0 Å². The lowest BCUT2D eigenvalue weighted by molar-refractivity contribution is 0.164. The van der Waals surface area contributed by atoms with Crippen molar-refractivity contribution in [2.45, 2.75) is 57.7 Å². The third-order valence-electron chi connectivity index (χ3n) is 4.21. The summed E-state index contributed by atoms with van der Waals surface area (Å²) in [6.07, 6.45) is 6.25. The van der Waals surface area contributed by atoms with Crippen molar-refractivity contribution in [3.63, 3.8) is 0 Å². The zero-order valence-electron chi connectivity index (χ0n) is 13.4. The van der Waals surface area contributed by atoms with E-state index in [0.717, 1.165) is 12.8 Å². The van der Waals surface area contributed by atoms with Gasteiger partial charge in [0, 0.05) is 40.0 Å². The molecular formula is C18H25N3. The van der Waals surface area contributed by atoms with E-state index in [2.05, 4.69) is 62.3 Å². The second-order valence-electron chi connectivity index (χ2n) is 7.52. The molecule has 1 saturated heterocycles. The Labute approximate surface area is 126 Å². The van der Waals surface area contributed by atoms with E-state index in [-0.39, 0.29) is 11.1 Å². The van der Waals surface area contributed by atoms with E-state index in [1.54, 1.807) is 0 Å². The number of aromatic amines is 1. The molecule has 2 aromatic rings. The first-order valence-electron chi connectivity index (χ1n) is 7.73. The van der Waals surface area contributed by atoms with Gasteiger partial charge in [0.05, 0.1) is 6.04 Å². The summed E-state index contributed by atoms with van der Waals surface area (Å²) in [5.74, 6) is 0. The molecule has 1 fully saturated rings. The molecule has 1 aromatic carbocycles. The number of benzene rings is 1. The Bertz CT molecular complexity index is 648. The summed E-state index contributed by atoms with van der Waals surface area (Å²) in [4.78, 5) is 8.19. The van der Waals surface area contributed by atoms with Crippen LogP contribution in [0, 0.1) is 0 Å². The molecule has 0 spiro atoms. The van der Waals surface area contributed by atoms with Crippen LogP contribution in [-0.4, -0.2) is 28.3 Å². The molecule has 21 heavy (non-hydrogen) atoms. The standard InChI is InChI=1S/C18H25N3/c1-17(2)9-14(10-18(3,4)21-17)19-11-13-12-20-16-8-6-5-7-15(13)16/h5-8,11-12,14,20-21H,9-10H2,1-4H3. The fraction of sp³-hybridized carbons (Fsp3) is 0.500. The van der Waals surface area contributed by atoms with Gasteiger partial charge in [-0.3, -0.25) is 4.99 Å². The van der Waals surface area contributed by atoms with Gasteiger partial charge in [0.1, 0.15) is 0 Å². The van der Waals surface area contributed by atoms with Gasteiger partial charge in [-0.05, 0) is 46.6 Å². The molecule has 0 aliphatic carbocycles. The fourth-order valence-corrected chi connectivity index (χ4v) is 3.76. The highest BCUT2D eigenvalue weighted by Gasteiger charge is 2.37. The van der Waals surface area contributed by atoms with Crippen LogP contribution in [-0.2, 0) is 0 Å². The number of hydrogen-bond acceptors (Lipinski definition) is 2. The van der Waals surface area contributed by atoms with Crippen LogP contribution in [0.25, 0.3) is 10.9 Å². The predicted octanol–water partition coefficient (Wildman–Crippen LogP) is 3.90. The zero-order chi connectivity index (χ0) is 15.1. The molecule has 1 aliphatic rings. The average molecular weight is 283 g/mol. The number of fused-ring (bicyclic) bond motifs is 1. The topological polar surface area (TPSA) is 40.2 Å². The van der Waals surface area contributed by atoms with Gasteiger partial charge >= 0.3 is 0 Å². The van der Waals surface area contributed by atoms with Crippen LogP contribution in [0.5, 0.6) is 0 Å². The summed E-state index contributed by atoms with van der Waals surface area (Å²) in [6, 6.07) is 8.75. The van der Waals surface area contributed by atoms with Crippen LogP contribution < -0.4 is 5.32 Å². The maximum Gasteiger partial charge on any atom is 0.0534 e. The number of piperidine rings is 1. The smallest absolute Gasteiger partial charge is 0.0534 e. The van der Waals surface area contributed by atoms with Gasteiger partial charge < -0.3 is 10.3 Å². The van der Waals surface area contributed by atoms with E-state index in [9.17, 15) is 0 Å². The van der Waals surface area contributed by atoms with Crippen LogP contribution >= 0.6 is 0 Å². The van der Waals surface area contributed by atoms with Crippen molar-refractivity contribution < 1.29 is 0 Å². The Balaban J connectivity index is 1.82. The third-order valence-corrected chi connectivity index (χ3v) is 4.21. The summed E-state index contributed by atoms with van der Waals surface area (Å²) in [6.45, 7) is 9.06. The van der Waals surface area contributed by atoms with Crippen LogP contribution in [0.15, 0.2) is 35.5 Å². The van der Waals surface area contributed by atoms with E-state index < -0.39 is 0 Å². The van der Waals surface area contributed by atoms with Crippen molar-refractivity contribution in [3.05, 3.63) is 36.0 Å². The van der Waals surface area contributed by atoms with Crippen LogP contribution in [0.1, 0.15) is 46.1 Å². The monoisotopic (exact) mass is 283 g/mol. The molecule has 0 amide bonds. The van der Waals surface area contributed by atoms with Gasteiger partial charge in [-0.15, -0.1) is 0 Å². The molecule has 1 aliphatic heterocycles. The van der Waals surface area contributed by atoms with Gasteiger partial charge in [-0.1, -0.05) is 18.2 Å². The second-order valence-corrected chi connectivity index (χ2v) is 7.52. The average Bonchev–Trinajstić information content (AvgIpc) is 2.76. The highest BCUT2D eigenvalue weighted by atomic mass is 15.1. The number of aliphatic imine (C=N–C) groups is 1. The lowest BCUT2D eigenvalue weighted by Gasteiger charge is -2.45. The Kier molecular flexibility index (Phi) is 3.40. The quantitative estimate of drug-likeness (QED) is 0.806. The number of aromatic nitrogens is 1. The second kappa shape index (κ2) is 4.99. The van der Waals surface area contributed by atoms with E-state index in [1.807, 2.05) is 12.4 Å². The highest BCUT2D eigenvalue weighted by Crippen LogP contribution is 2.30. The molecule has 0 unspecified atom stereocenters. The van der Waals surface area contributed by atoms with Crippen LogP contribution in [0.2, 0.25) is 0 Å². The fourth-order valence-electron chi connectivity index (χ4n) is 3.76. The van der Waals surface area contributed by atoms with Gasteiger partial charge in [-0.2, -0.15) is 0 Å². The molecule has 0 bridgehead atoms. The SMILES string of the molecule is CC1(C)CC(N=Cc2c[nH]c3ccccc23)CC(C)(C)N1. The van der Waals surface area contributed by atoms with E-state index >= 15 is 0 Å². The van der Waals surface area contributed by atoms with Crippen LogP contribution in [0.3, 0.4) is 0 Å². The summed E-state index contributed by atoms with van der Waals surface area (Å²) >= 11 is 0. The molecule has 1 aromatic heterocycles. The molecule has 0 atom stereocenters. The maximum absolute atomic E-state index is 4.88. The largest absolute Gasteiger partial charge is 0.361 e. The summed E-state index contributed by atoms with van der Waals surface area (Å²) < 4.78 is 0. The maximum atomic E-state index is 4.88. The van der Waals surface area contributed by atoms with Crippen molar-refractivity contribution in [1.29, 1.82) is 0 Å². The number of H-pyrrole nitrogens is 1. The Morgan fingerprint density at radius 1 is 1.10 bits per heavy atom. The predicted molar refractivity (Wildman–Crippen MR) is 90.2 cm³/mol. The molecule has 3 heteroatoms. The lowest BCUT2D eigenvalue weighted by atomic mass is 9.80. The summed E-state index contributed by atoms with van der Waals surface area (Å²) in [5, 5.41) is 4.95. The lowest BCUT2D eigenvalue weighted by Crippen LogP contribution is -2.58. The summed E-state index contributed by atoms with van der Waals surface area (Å²) in [7, 11) is 0. The van der Waals surface area contributed by atoms with E-state index in [1.165, 1.54) is 16.5 Å². The number of nitrogens with one attached hydrogen (secondary N) is 2. The van der Waals surface area contributed by atoms with Crippen molar-refractivity contribution in [1.82, 2.24) is 10.3 Å². The molecule has 0 saturated carbocycles. The van der Waals surface area contributed by atoms with Crippen molar-refractivity contribution in [2.75, 3.05) is 0 Å². The van der Waals surface area contributed by atoms with Crippen molar-refractivity contribution in [2.24, 2.45) is 4.99 Å². The van der Waals surface area contributed by atoms with Crippen molar-refractivity contribution in [3.8, 4) is 0 Å². The highest BCUT2D eigenvalue weighted by molar-refractivity contribution is 5.98. The molecule has 3 rings (SSSR count). The van der Waals surface area contributed by atoms with Gasteiger partial charge in [0.2, 0.25) is 0 Å². The minimum absolute atomic E-state index is 0.143. The molecule has 112 valence electrons. The molecule has 3 nitrogen and oxygen atoms in total. The third kappa shape index (κ3) is 3.18. The number of para-hydroxylation sites is 1. The zero-order valence-corrected chi connectivity index (χ0v) is 13.4. The van der Waals surface area contributed by atoms with Gasteiger partial charge in [0.25, 0.3) is 0 Å². The van der Waals surface area contributed by atoms with E-state index in [4.69, 9.17) is 4.99 Å². The Morgan fingerprint density at radius 2 is 1.76 bits per heavy atom. The van der Waals surface area contributed by atoms with E-state index in [0.29, 0.717) is 6.04 Å². The Morgan fingerprint density at radius 3 is 2.48 bits per heavy atom. The first-order valence-corrected chi connectivity index (χ1v) is 7.73. The van der Waals surface area contributed by atoms with Gasteiger partial charge in [0.15, 0.2) is 0 Å².